The molecule has 4 aromatic rings. The Morgan fingerprint density at radius 2 is 1.77 bits per heavy atom. The van der Waals surface area contributed by atoms with E-state index in [1.165, 1.54) is 9.55 Å². The third-order valence-corrected chi connectivity index (χ3v) is 8.08. The molecule has 0 radical (unpaired) electrons. The van der Waals surface area contributed by atoms with Gasteiger partial charge in [0, 0.05) is 23.6 Å². The third-order valence-electron chi connectivity index (χ3n) is 6.90. The molecule has 0 saturated carbocycles. The summed E-state index contributed by atoms with van der Waals surface area (Å²) in [6, 6.07) is 20.1. The lowest BCUT2D eigenvalue weighted by Gasteiger charge is -2.20. The van der Waals surface area contributed by atoms with E-state index in [0.717, 1.165) is 47.2 Å². The lowest BCUT2D eigenvalue weighted by molar-refractivity contribution is -0.117. The number of aryl methyl sites for hydroxylation is 2. The first-order valence-corrected chi connectivity index (χ1v) is 13.3. The second-order valence-electron chi connectivity index (χ2n) is 9.56. The maximum Gasteiger partial charge on any atom is 0.281 e. The molecule has 0 spiro atoms. The molecule has 1 amide bonds. The normalized spacial score (nSPS) is 15.3. The highest BCUT2D eigenvalue weighted by molar-refractivity contribution is 7.18. The van der Waals surface area contributed by atoms with Crippen molar-refractivity contribution in [3.8, 4) is 0 Å². The number of nitrogens with one attached hydrogen (secondary N) is 1. The van der Waals surface area contributed by atoms with Crippen LogP contribution in [0.4, 0.5) is 0 Å². The second kappa shape index (κ2) is 10.2. The van der Waals surface area contributed by atoms with Gasteiger partial charge in [-0.2, -0.15) is 0 Å². The van der Waals surface area contributed by atoms with E-state index < -0.39 is 0 Å². The summed E-state index contributed by atoms with van der Waals surface area (Å²) < 4.78 is 1.42. The number of nitrogens with zero attached hydrogens (tertiary/aromatic N) is 2. The van der Waals surface area contributed by atoms with E-state index in [1.54, 1.807) is 11.3 Å². The smallest absolute Gasteiger partial charge is 0.273 e. The average Bonchev–Trinajstić information content (AvgIpc) is 3.23. The molecular formula is C29H31N3O2S. The fourth-order valence-corrected chi connectivity index (χ4v) is 6.33. The number of carbonyl (C=O) groups is 1. The van der Waals surface area contributed by atoms with Crippen molar-refractivity contribution in [2.24, 2.45) is 5.92 Å². The number of benzene rings is 2. The van der Waals surface area contributed by atoms with Crippen molar-refractivity contribution in [1.29, 1.82) is 0 Å². The van der Waals surface area contributed by atoms with Crippen molar-refractivity contribution in [2.45, 2.75) is 58.3 Å². The first-order valence-electron chi connectivity index (χ1n) is 12.5. The van der Waals surface area contributed by atoms with Gasteiger partial charge in [0.25, 0.3) is 5.56 Å². The zero-order valence-electron chi connectivity index (χ0n) is 20.3. The predicted octanol–water partition coefficient (Wildman–Crippen LogP) is 5.83. The minimum atomic E-state index is -0.194. The number of hydrogen-bond acceptors (Lipinski definition) is 4. The monoisotopic (exact) mass is 485 g/mol. The Hall–Kier alpha value is -3.25. The van der Waals surface area contributed by atoms with Crippen LogP contribution in [0.3, 0.4) is 0 Å². The number of rotatable bonds is 7. The molecule has 1 aliphatic carbocycles. The summed E-state index contributed by atoms with van der Waals surface area (Å²) in [5, 5.41) is 0.694. The minimum absolute atomic E-state index is 0.103. The van der Waals surface area contributed by atoms with Crippen molar-refractivity contribution in [1.82, 2.24) is 9.66 Å². The lowest BCUT2D eigenvalue weighted by atomic mass is 9.88. The summed E-state index contributed by atoms with van der Waals surface area (Å²) in [6.07, 6.45) is 4.76. The zero-order chi connectivity index (χ0) is 24.4. The molecule has 0 bridgehead atoms. The van der Waals surface area contributed by atoms with Crippen LogP contribution in [0, 0.1) is 5.92 Å². The molecule has 35 heavy (non-hydrogen) atoms. The molecule has 1 unspecified atom stereocenters. The van der Waals surface area contributed by atoms with Crippen molar-refractivity contribution in [3.05, 3.63) is 98.4 Å². The van der Waals surface area contributed by atoms with E-state index >= 15 is 0 Å². The Kier molecular flexibility index (Phi) is 6.82. The fraction of sp³-hybridized carbons (Fsp3) is 0.345. The summed E-state index contributed by atoms with van der Waals surface area (Å²) in [5.74, 6) is 0.881. The van der Waals surface area contributed by atoms with Gasteiger partial charge >= 0.3 is 0 Å². The first kappa shape index (κ1) is 23.5. The Bertz CT molecular complexity index is 1350. The van der Waals surface area contributed by atoms with Crippen LogP contribution in [-0.4, -0.2) is 15.6 Å². The Labute approximate surface area is 209 Å². The molecule has 1 N–H and O–H groups in total. The van der Waals surface area contributed by atoms with Crippen molar-refractivity contribution < 1.29 is 4.79 Å². The highest BCUT2D eigenvalue weighted by Crippen LogP contribution is 2.36. The Morgan fingerprint density at radius 3 is 2.40 bits per heavy atom. The molecule has 5 nitrogen and oxygen atoms in total. The SMILES string of the molecule is CCCc1nc2sc3c(c2c(=O)n1NC(=O)CC(c1ccccc1)c1ccccc1)CC(C)CC3. The highest BCUT2D eigenvalue weighted by Gasteiger charge is 2.26. The summed E-state index contributed by atoms with van der Waals surface area (Å²) in [4.78, 5) is 34.1. The number of amides is 1. The quantitative estimate of drug-likeness (QED) is 0.358. The van der Waals surface area contributed by atoms with Crippen LogP contribution in [0.15, 0.2) is 65.5 Å². The molecule has 1 atom stereocenters. The third kappa shape index (κ3) is 4.80. The highest BCUT2D eigenvalue weighted by atomic mass is 32.1. The maximum absolute atomic E-state index is 13.7. The van der Waals surface area contributed by atoms with Crippen LogP contribution in [0.2, 0.25) is 0 Å². The Balaban J connectivity index is 1.51. The lowest BCUT2D eigenvalue weighted by Crippen LogP contribution is -2.37. The molecule has 2 aromatic carbocycles. The topological polar surface area (TPSA) is 64.0 Å². The molecule has 0 saturated heterocycles. The van der Waals surface area contributed by atoms with Crippen molar-refractivity contribution >= 4 is 27.5 Å². The van der Waals surface area contributed by atoms with Gasteiger partial charge in [0.15, 0.2) is 0 Å². The first-order chi connectivity index (χ1) is 17.0. The largest absolute Gasteiger partial charge is 0.281 e. The number of thiophene rings is 1. The molecule has 2 heterocycles. The van der Waals surface area contributed by atoms with Gasteiger partial charge in [0.1, 0.15) is 10.7 Å². The molecule has 1 aliphatic rings. The van der Waals surface area contributed by atoms with E-state index in [4.69, 9.17) is 4.98 Å². The van der Waals surface area contributed by atoms with Gasteiger partial charge < -0.3 is 0 Å². The molecular weight excluding hydrogens is 454 g/mol. The van der Waals surface area contributed by atoms with Gasteiger partial charge in [-0.25, -0.2) is 9.66 Å². The summed E-state index contributed by atoms with van der Waals surface area (Å²) in [6.45, 7) is 4.30. The molecule has 0 fully saturated rings. The van der Waals surface area contributed by atoms with Crippen LogP contribution in [0.5, 0.6) is 0 Å². The molecule has 2 aromatic heterocycles. The predicted molar refractivity (Wildman–Crippen MR) is 143 cm³/mol. The molecule has 180 valence electrons. The molecule has 0 aliphatic heterocycles. The summed E-state index contributed by atoms with van der Waals surface area (Å²) in [7, 11) is 0. The van der Waals surface area contributed by atoms with Gasteiger partial charge in [0.2, 0.25) is 5.91 Å². The number of hydrogen-bond donors (Lipinski definition) is 1. The van der Waals surface area contributed by atoms with E-state index in [1.807, 2.05) is 60.7 Å². The average molecular weight is 486 g/mol. The van der Waals surface area contributed by atoms with Crippen LogP contribution < -0.4 is 11.0 Å². The van der Waals surface area contributed by atoms with E-state index in [-0.39, 0.29) is 23.8 Å². The van der Waals surface area contributed by atoms with E-state index in [9.17, 15) is 9.59 Å². The van der Waals surface area contributed by atoms with Gasteiger partial charge in [-0.15, -0.1) is 11.3 Å². The standard InChI is InChI=1S/C29H31N3O2S/c1-3-10-25-30-28-27(23-17-19(2)15-16-24(23)35-28)29(34)32(25)31-26(33)18-22(20-11-6-4-7-12-20)21-13-8-5-9-14-21/h4-9,11-14,19,22H,3,10,15-18H2,1-2H3,(H,31,33). The second-order valence-corrected chi connectivity index (χ2v) is 10.6. The van der Waals surface area contributed by atoms with E-state index in [0.29, 0.717) is 23.5 Å². The van der Waals surface area contributed by atoms with Crippen LogP contribution >= 0.6 is 11.3 Å². The number of aromatic nitrogens is 2. The minimum Gasteiger partial charge on any atom is -0.273 e. The van der Waals surface area contributed by atoms with Crippen LogP contribution in [0.25, 0.3) is 10.2 Å². The number of carbonyl (C=O) groups excluding carboxylic acids is 1. The van der Waals surface area contributed by atoms with Crippen molar-refractivity contribution in [3.63, 3.8) is 0 Å². The number of fused-ring (bicyclic) bond motifs is 3. The van der Waals surface area contributed by atoms with E-state index in [2.05, 4.69) is 19.3 Å². The van der Waals surface area contributed by atoms with Gasteiger partial charge in [-0.05, 0) is 48.3 Å². The summed E-state index contributed by atoms with van der Waals surface area (Å²) >= 11 is 1.65. The van der Waals surface area contributed by atoms with Gasteiger partial charge in [-0.3, -0.25) is 15.0 Å². The molecule has 5 rings (SSSR count). The van der Waals surface area contributed by atoms with Crippen LogP contribution in [0.1, 0.15) is 66.4 Å². The van der Waals surface area contributed by atoms with Gasteiger partial charge in [-0.1, -0.05) is 74.5 Å². The summed E-state index contributed by atoms with van der Waals surface area (Å²) in [5.41, 5.74) is 6.08. The van der Waals surface area contributed by atoms with Crippen molar-refractivity contribution in [2.75, 3.05) is 5.43 Å². The molecule has 6 heteroatoms. The Morgan fingerprint density at radius 1 is 1.11 bits per heavy atom. The van der Waals surface area contributed by atoms with Crippen LogP contribution in [-0.2, 0) is 24.1 Å². The zero-order valence-corrected chi connectivity index (χ0v) is 21.1. The maximum atomic E-state index is 13.7. The van der Waals surface area contributed by atoms with Gasteiger partial charge in [0.05, 0.1) is 5.39 Å². The fourth-order valence-electron chi connectivity index (χ4n) is 5.10.